The lowest BCUT2D eigenvalue weighted by atomic mass is 9.85. The van der Waals surface area contributed by atoms with Crippen LogP contribution in [0.25, 0.3) is 0 Å². The van der Waals surface area contributed by atoms with Crippen LogP contribution in [0, 0.1) is 12.8 Å². The van der Waals surface area contributed by atoms with Gasteiger partial charge >= 0.3 is 0 Å². The van der Waals surface area contributed by atoms with E-state index in [4.69, 9.17) is 5.73 Å². The molecule has 1 aliphatic carbocycles. The minimum Gasteiger partial charge on any atom is -0.323 e. The van der Waals surface area contributed by atoms with E-state index in [0.29, 0.717) is 12.1 Å². The third kappa shape index (κ3) is 3.62. The Hall–Kier alpha value is -0.860. The number of hydrogen-bond donors (Lipinski definition) is 1. The van der Waals surface area contributed by atoms with E-state index in [1.165, 1.54) is 36.8 Å². The first-order chi connectivity index (χ1) is 9.49. The Morgan fingerprint density at radius 2 is 1.85 bits per heavy atom. The Morgan fingerprint density at radius 1 is 1.20 bits per heavy atom. The molecule has 0 heterocycles. The SMILES string of the molecule is Cc1ccc(C(N)C(C)N(C)C2CCCC(C)C2)cc1. The van der Waals surface area contributed by atoms with Crippen LogP contribution in [0.3, 0.4) is 0 Å². The Morgan fingerprint density at radius 3 is 2.45 bits per heavy atom. The fourth-order valence-electron chi connectivity index (χ4n) is 3.43. The van der Waals surface area contributed by atoms with Crippen LogP contribution in [-0.2, 0) is 0 Å². The zero-order valence-electron chi connectivity index (χ0n) is 13.5. The van der Waals surface area contributed by atoms with Crippen molar-refractivity contribution in [3.8, 4) is 0 Å². The Balaban J connectivity index is 2.01. The summed E-state index contributed by atoms with van der Waals surface area (Å²) in [6.07, 6.45) is 5.40. The lowest BCUT2D eigenvalue weighted by Gasteiger charge is -2.40. The van der Waals surface area contributed by atoms with Crippen LogP contribution in [0.15, 0.2) is 24.3 Å². The molecular formula is C18H30N2. The molecule has 0 bridgehead atoms. The monoisotopic (exact) mass is 274 g/mol. The first-order valence-corrected chi connectivity index (χ1v) is 8.03. The maximum absolute atomic E-state index is 6.49. The molecule has 0 saturated heterocycles. The molecule has 2 nitrogen and oxygen atoms in total. The second kappa shape index (κ2) is 6.73. The van der Waals surface area contributed by atoms with Gasteiger partial charge in [-0.3, -0.25) is 4.90 Å². The third-order valence-electron chi connectivity index (χ3n) is 5.11. The highest BCUT2D eigenvalue weighted by atomic mass is 15.2. The molecule has 2 heteroatoms. The van der Waals surface area contributed by atoms with E-state index in [9.17, 15) is 0 Å². The molecule has 2 N–H and O–H groups in total. The minimum atomic E-state index is 0.0952. The van der Waals surface area contributed by atoms with Gasteiger partial charge in [-0.2, -0.15) is 0 Å². The van der Waals surface area contributed by atoms with Crippen molar-refractivity contribution < 1.29 is 0 Å². The van der Waals surface area contributed by atoms with Crippen LogP contribution < -0.4 is 5.73 Å². The molecule has 4 unspecified atom stereocenters. The van der Waals surface area contributed by atoms with Crippen molar-refractivity contribution in [2.75, 3.05) is 7.05 Å². The fourth-order valence-corrected chi connectivity index (χ4v) is 3.43. The lowest BCUT2D eigenvalue weighted by molar-refractivity contribution is 0.112. The summed E-state index contributed by atoms with van der Waals surface area (Å²) < 4.78 is 0. The van der Waals surface area contributed by atoms with Gasteiger partial charge in [0.05, 0.1) is 0 Å². The number of hydrogen-bond acceptors (Lipinski definition) is 2. The molecule has 0 aromatic heterocycles. The third-order valence-corrected chi connectivity index (χ3v) is 5.11. The number of aryl methyl sites for hydroxylation is 1. The van der Waals surface area contributed by atoms with Crippen molar-refractivity contribution in [3.63, 3.8) is 0 Å². The van der Waals surface area contributed by atoms with E-state index < -0.39 is 0 Å². The Kier molecular flexibility index (Phi) is 5.22. The van der Waals surface area contributed by atoms with Gasteiger partial charge < -0.3 is 5.73 Å². The number of nitrogens with two attached hydrogens (primary N) is 1. The van der Waals surface area contributed by atoms with E-state index in [1.807, 2.05) is 0 Å². The molecule has 1 aromatic carbocycles. The van der Waals surface area contributed by atoms with E-state index in [-0.39, 0.29) is 6.04 Å². The molecule has 112 valence electrons. The van der Waals surface area contributed by atoms with Crippen molar-refractivity contribution in [1.29, 1.82) is 0 Å². The molecular weight excluding hydrogens is 244 g/mol. The second-order valence-corrected chi connectivity index (χ2v) is 6.77. The number of rotatable bonds is 4. The molecule has 4 atom stereocenters. The summed E-state index contributed by atoms with van der Waals surface area (Å²) in [7, 11) is 2.25. The second-order valence-electron chi connectivity index (χ2n) is 6.77. The first-order valence-electron chi connectivity index (χ1n) is 8.03. The fraction of sp³-hybridized carbons (Fsp3) is 0.667. The largest absolute Gasteiger partial charge is 0.323 e. The number of benzene rings is 1. The summed E-state index contributed by atoms with van der Waals surface area (Å²) in [6.45, 7) is 6.77. The number of nitrogens with zero attached hydrogens (tertiary/aromatic N) is 1. The summed E-state index contributed by atoms with van der Waals surface area (Å²) in [5, 5.41) is 0. The van der Waals surface area contributed by atoms with Gasteiger partial charge in [-0.1, -0.05) is 49.6 Å². The number of likely N-dealkylation sites (N-methyl/N-ethyl adjacent to an activating group) is 1. The molecule has 1 fully saturated rings. The van der Waals surface area contributed by atoms with Crippen LogP contribution in [0.1, 0.15) is 56.7 Å². The van der Waals surface area contributed by atoms with Gasteiger partial charge in [0.25, 0.3) is 0 Å². The van der Waals surface area contributed by atoms with Crippen LogP contribution in [0.5, 0.6) is 0 Å². The molecule has 20 heavy (non-hydrogen) atoms. The van der Waals surface area contributed by atoms with Gasteiger partial charge in [-0.05, 0) is 45.2 Å². The summed E-state index contributed by atoms with van der Waals surface area (Å²) in [6, 6.07) is 9.84. The van der Waals surface area contributed by atoms with Gasteiger partial charge in [0.2, 0.25) is 0 Å². The van der Waals surface area contributed by atoms with Crippen LogP contribution >= 0.6 is 0 Å². The first kappa shape index (κ1) is 15.5. The quantitative estimate of drug-likeness (QED) is 0.902. The average Bonchev–Trinajstić information content (AvgIpc) is 2.46. The lowest BCUT2D eigenvalue weighted by Crippen LogP contribution is -2.45. The zero-order chi connectivity index (χ0) is 14.7. The molecule has 0 amide bonds. The van der Waals surface area contributed by atoms with Crippen molar-refractivity contribution >= 4 is 0 Å². The van der Waals surface area contributed by atoms with Crippen LogP contribution in [0.4, 0.5) is 0 Å². The van der Waals surface area contributed by atoms with Gasteiger partial charge in [-0.25, -0.2) is 0 Å². The normalized spacial score (nSPS) is 26.5. The smallest absolute Gasteiger partial charge is 0.0450 e. The Bertz CT molecular complexity index is 412. The maximum Gasteiger partial charge on any atom is 0.0450 e. The van der Waals surface area contributed by atoms with Crippen LogP contribution in [-0.4, -0.2) is 24.0 Å². The summed E-state index contributed by atoms with van der Waals surface area (Å²) in [4.78, 5) is 2.51. The molecule has 0 aliphatic heterocycles. The van der Waals surface area contributed by atoms with Crippen molar-refractivity contribution in [1.82, 2.24) is 4.90 Å². The van der Waals surface area contributed by atoms with Crippen molar-refractivity contribution in [3.05, 3.63) is 35.4 Å². The van der Waals surface area contributed by atoms with E-state index in [1.54, 1.807) is 0 Å². The molecule has 1 aromatic rings. The molecule has 0 spiro atoms. The maximum atomic E-state index is 6.49. The molecule has 0 radical (unpaired) electrons. The molecule has 1 saturated carbocycles. The predicted molar refractivity (Wildman–Crippen MR) is 86.8 cm³/mol. The highest BCUT2D eigenvalue weighted by molar-refractivity contribution is 5.24. The average molecular weight is 274 g/mol. The van der Waals surface area contributed by atoms with Crippen molar-refractivity contribution in [2.24, 2.45) is 11.7 Å². The Labute approximate surface area is 124 Å². The highest BCUT2D eigenvalue weighted by Crippen LogP contribution is 2.29. The molecule has 1 aliphatic rings. The molecule has 2 rings (SSSR count). The highest BCUT2D eigenvalue weighted by Gasteiger charge is 2.28. The van der Waals surface area contributed by atoms with Crippen LogP contribution in [0.2, 0.25) is 0 Å². The van der Waals surface area contributed by atoms with Gasteiger partial charge in [-0.15, -0.1) is 0 Å². The summed E-state index contributed by atoms with van der Waals surface area (Å²) in [5.74, 6) is 0.860. The van der Waals surface area contributed by atoms with Gasteiger partial charge in [0, 0.05) is 18.1 Å². The zero-order valence-corrected chi connectivity index (χ0v) is 13.5. The standard InChI is InChI=1S/C18H30N2/c1-13-8-10-16(11-9-13)18(19)15(3)20(4)17-7-5-6-14(2)12-17/h8-11,14-15,17-18H,5-7,12,19H2,1-4H3. The van der Waals surface area contributed by atoms with Crippen molar-refractivity contribution in [2.45, 2.75) is 64.6 Å². The van der Waals surface area contributed by atoms with Gasteiger partial charge in [0.15, 0.2) is 0 Å². The van der Waals surface area contributed by atoms with E-state index in [2.05, 4.69) is 57.0 Å². The van der Waals surface area contributed by atoms with E-state index >= 15 is 0 Å². The summed E-state index contributed by atoms with van der Waals surface area (Å²) in [5.41, 5.74) is 9.03. The van der Waals surface area contributed by atoms with Gasteiger partial charge in [0.1, 0.15) is 0 Å². The predicted octanol–water partition coefficient (Wildman–Crippen LogP) is 3.89. The van der Waals surface area contributed by atoms with E-state index in [0.717, 1.165) is 5.92 Å². The summed E-state index contributed by atoms with van der Waals surface area (Å²) >= 11 is 0. The topological polar surface area (TPSA) is 29.3 Å². The minimum absolute atomic E-state index is 0.0952.